The van der Waals surface area contributed by atoms with E-state index in [1.165, 1.54) is 0 Å². The minimum atomic E-state index is -0.535. The van der Waals surface area contributed by atoms with Crippen LogP contribution in [0.25, 0.3) is 6.08 Å². The van der Waals surface area contributed by atoms with Crippen LogP contribution in [-0.2, 0) is 16.2 Å². The van der Waals surface area contributed by atoms with E-state index in [4.69, 9.17) is 9.47 Å². The maximum atomic E-state index is 13.0. The maximum absolute atomic E-state index is 13.0. The van der Waals surface area contributed by atoms with Gasteiger partial charge in [0.25, 0.3) is 11.1 Å². The molecule has 1 heterocycles. The summed E-state index contributed by atoms with van der Waals surface area (Å²) in [6, 6.07) is 20.1. The molecule has 0 aliphatic carbocycles. The number of hydrogen-bond donors (Lipinski definition) is 1. The van der Waals surface area contributed by atoms with Crippen LogP contribution in [0.2, 0.25) is 0 Å². The summed E-state index contributed by atoms with van der Waals surface area (Å²) in [4.78, 5) is 39.3. The molecular weight excluding hydrogens is 514 g/mol. The highest BCUT2D eigenvalue weighted by molar-refractivity contribution is 8.18. The SMILES string of the molecule is CCOc1cc(/C=C2/SC(=O)N(CC(=O)Nc3ccc(C)cc3C)C2=O)ccc1OCc1ccccc1C#N. The highest BCUT2D eigenvalue weighted by Gasteiger charge is 2.36. The Bertz CT molecular complexity index is 1510. The van der Waals surface area contributed by atoms with Gasteiger partial charge in [-0.3, -0.25) is 19.3 Å². The molecule has 1 N–H and O–H groups in total. The van der Waals surface area contributed by atoms with Crippen LogP contribution in [0, 0.1) is 25.2 Å². The number of aryl methyl sites for hydroxylation is 2. The van der Waals surface area contributed by atoms with Gasteiger partial charge in [-0.2, -0.15) is 5.26 Å². The standard InChI is InChI=1S/C30H27N3O5S/c1-4-37-26-14-21(10-12-25(26)38-18-23-8-6-5-7-22(23)16-31)15-27-29(35)33(30(36)39-27)17-28(34)32-24-11-9-19(2)13-20(24)3/h5-15H,4,17-18H2,1-3H3,(H,32,34)/b27-15+. The summed E-state index contributed by atoms with van der Waals surface area (Å²) in [5, 5.41) is 11.6. The summed E-state index contributed by atoms with van der Waals surface area (Å²) < 4.78 is 11.7. The fourth-order valence-electron chi connectivity index (χ4n) is 3.99. The minimum Gasteiger partial charge on any atom is -0.490 e. The van der Waals surface area contributed by atoms with Crippen LogP contribution >= 0.6 is 11.8 Å². The zero-order valence-corrected chi connectivity index (χ0v) is 22.6. The van der Waals surface area contributed by atoms with E-state index in [-0.39, 0.29) is 18.1 Å². The number of anilines is 1. The van der Waals surface area contributed by atoms with Crippen LogP contribution in [0.5, 0.6) is 11.5 Å². The number of nitriles is 1. The smallest absolute Gasteiger partial charge is 0.294 e. The molecule has 0 bridgehead atoms. The van der Waals surface area contributed by atoms with E-state index in [0.717, 1.165) is 33.4 Å². The molecule has 8 nitrogen and oxygen atoms in total. The van der Waals surface area contributed by atoms with Crippen LogP contribution in [0.3, 0.4) is 0 Å². The fourth-order valence-corrected chi connectivity index (χ4v) is 4.83. The molecular formula is C30H27N3O5S. The summed E-state index contributed by atoms with van der Waals surface area (Å²) in [6.07, 6.45) is 1.59. The first kappa shape index (κ1) is 27.5. The number of rotatable bonds is 9. The van der Waals surface area contributed by atoms with Gasteiger partial charge in [0.1, 0.15) is 13.2 Å². The van der Waals surface area contributed by atoms with Gasteiger partial charge in [-0.25, -0.2) is 0 Å². The van der Waals surface area contributed by atoms with Gasteiger partial charge < -0.3 is 14.8 Å². The van der Waals surface area contributed by atoms with Crippen molar-refractivity contribution in [2.45, 2.75) is 27.4 Å². The molecule has 3 amide bonds. The number of benzene rings is 3. The Morgan fingerprint density at radius 3 is 2.59 bits per heavy atom. The zero-order valence-electron chi connectivity index (χ0n) is 21.8. The van der Waals surface area contributed by atoms with Crippen molar-refractivity contribution < 1.29 is 23.9 Å². The van der Waals surface area contributed by atoms with Crippen LogP contribution < -0.4 is 14.8 Å². The van der Waals surface area contributed by atoms with Crippen molar-refractivity contribution in [3.63, 3.8) is 0 Å². The second-order valence-electron chi connectivity index (χ2n) is 8.83. The first-order chi connectivity index (χ1) is 18.8. The lowest BCUT2D eigenvalue weighted by molar-refractivity contribution is -0.127. The van der Waals surface area contributed by atoms with Gasteiger partial charge in [0.15, 0.2) is 11.5 Å². The minimum absolute atomic E-state index is 0.187. The van der Waals surface area contributed by atoms with Gasteiger partial charge in [0, 0.05) is 11.3 Å². The molecule has 0 unspecified atom stereocenters. The molecule has 3 aromatic carbocycles. The highest BCUT2D eigenvalue weighted by Crippen LogP contribution is 2.35. The molecule has 1 saturated heterocycles. The number of carbonyl (C=O) groups excluding carboxylic acids is 3. The maximum Gasteiger partial charge on any atom is 0.294 e. The monoisotopic (exact) mass is 541 g/mol. The van der Waals surface area contributed by atoms with E-state index >= 15 is 0 Å². The predicted molar refractivity (Wildman–Crippen MR) is 150 cm³/mol. The third kappa shape index (κ3) is 6.67. The number of amides is 3. The van der Waals surface area contributed by atoms with Gasteiger partial charge in [-0.15, -0.1) is 0 Å². The van der Waals surface area contributed by atoms with E-state index in [0.29, 0.717) is 34.9 Å². The van der Waals surface area contributed by atoms with Crippen molar-refractivity contribution in [1.82, 2.24) is 4.90 Å². The predicted octanol–water partition coefficient (Wildman–Crippen LogP) is 5.83. The van der Waals surface area contributed by atoms with Crippen LogP contribution in [0.1, 0.15) is 34.7 Å². The fraction of sp³-hybridized carbons (Fsp3) is 0.200. The number of nitrogens with zero attached hydrogens (tertiary/aromatic N) is 2. The van der Waals surface area contributed by atoms with Crippen molar-refractivity contribution in [3.05, 3.63) is 93.4 Å². The Morgan fingerprint density at radius 1 is 1.05 bits per heavy atom. The number of nitrogens with one attached hydrogen (secondary N) is 1. The summed E-state index contributed by atoms with van der Waals surface area (Å²) in [5.41, 5.74) is 4.51. The van der Waals surface area contributed by atoms with Crippen molar-refractivity contribution in [2.75, 3.05) is 18.5 Å². The van der Waals surface area contributed by atoms with E-state index in [1.807, 2.05) is 45.0 Å². The Kier molecular flexibility index (Phi) is 8.69. The lowest BCUT2D eigenvalue weighted by Gasteiger charge is -2.14. The summed E-state index contributed by atoms with van der Waals surface area (Å²) in [6.45, 7) is 5.88. The van der Waals surface area contributed by atoms with E-state index < -0.39 is 17.1 Å². The third-order valence-electron chi connectivity index (χ3n) is 5.92. The number of imide groups is 1. The van der Waals surface area contributed by atoms with Crippen molar-refractivity contribution in [2.24, 2.45) is 0 Å². The molecule has 4 rings (SSSR count). The molecule has 9 heteroatoms. The first-order valence-electron chi connectivity index (χ1n) is 12.3. The molecule has 0 saturated carbocycles. The average molecular weight is 542 g/mol. The Morgan fingerprint density at radius 2 is 1.85 bits per heavy atom. The van der Waals surface area contributed by atoms with E-state index in [2.05, 4.69) is 11.4 Å². The van der Waals surface area contributed by atoms with Crippen LogP contribution in [0.15, 0.2) is 65.6 Å². The van der Waals surface area contributed by atoms with Crippen LogP contribution in [0.4, 0.5) is 10.5 Å². The van der Waals surface area contributed by atoms with Crippen LogP contribution in [-0.4, -0.2) is 35.1 Å². The van der Waals surface area contributed by atoms with Crippen molar-refractivity contribution in [1.29, 1.82) is 5.26 Å². The Labute approximate surface area is 231 Å². The summed E-state index contributed by atoms with van der Waals surface area (Å²) in [7, 11) is 0. The van der Waals surface area contributed by atoms with Gasteiger partial charge in [-0.05, 0) is 74.0 Å². The van der Waals surface area contributed by atoms with Gasteiger partial charge >= 0.3 is 0 Å². The van der Waals surface area contributed by atoms with Crippen molar-refractivity contribution in [3.8, 4) is 17.6 Å². The summed E-state index contributed by atoms with van der Waals surface area (Å²) >= 11 is 0.781. The first-order valence-corrected chi connectivity index (χ1v) is 13.1. The summed E-state index contributed by atoms with van der Waals surface area (Å²) in [5.74, 6) is -0.0403. The Balaban J connectivity index is 1.46. The molecule has 0 aromatic heterocycles. The second-order valence-corrected chi connectivity index (χ2v) is 9.82. The largest absolute Gasteiger partial charge is 0.490 e. The molecule has 39 heavy (non-hydrogen) atoms. The number of carbonyl (C=O) groups is 3. The van der Waals surface area contributed by atoms with Gasteiger partial charge in [0.05, 0.1) is 23.1 Å². The van der Waals surface area contributed by atoms with Crippen molar-refractivity contribution >= 4 is 40.6 Å². The number of ether oxygens (including phenoxy) is 2. The molecule has 1 aliphatic heterocycles. The second kappa shape index (κ2) is 12.3. The lowest BCUT2D eigenvalue weighted by atomic mass is 10.1. The number of hydrogen-bond acceptors (Lipinski definition) is 7. The molecule has 3 aromatic rings. The average Bonchev–Trinajstić information content (AvgIpc) is 3.17. The normalized spacial score (nSPS) is 13.9. The van der Waals surface area contributed by atoms with Gasteiger partial charge in [0.2, 0.25) is 5.91 Å². The van der Waals surface area contributed by atoms with Gasteiger partial charge in [-0.1, -0.05) is 42.0 Å². The Hall–Kier alpha value is -4.55. The highest BCUT2D eigenvalue weighted by atomic mass is 32.2. The topological polar surface area (TPSA) is 109 Å². The number of thioether (sulfide) groups is 1. The van der Waals surface area contributed by atoms with E-state index in [1.54, 1.807) is 42.5 Å². The zero-order chi connectivity index (χ0) is 27.9. The molecule has 0 atom stereocenters. The molecule has 0 radical (unpaired) electrons. The lowest BCUT2D eigenvalue weighted by Crippen LogP contribution is -2.36. The quantitative estimate of drug-likeness (QED) is 0.340. The molecule has 1 fully saturated rings. The molecule has 1 aliphatic rings. The van der Waals surface area contributed by atoms with E-state index in [9.17, 15) is 19.6 Å². The molecule has 0 spiro atoms. The molecule has 198 valence electrons. The third-order valence-corrected chi connectivity index (χ3v) is 6.83.